The van der Waals surface area contributed by atoms with E-state index in [1.54, 1.807) is 6.07 Å². The Balaban J connectivity index is 2.16. The molecular weight excluding hydrogens is 409 g/mol. The summed E-state index contributed by atoms with van der Waals surface area (Å²) in [6.45, 7) is 0.446. The van der Waals surface area contributed by atoms with Gasteiger partial charge in [-0.05, 0) is 37.1 Å². The van der Waals surface area contributed by atoms with Crippen molar-refractivity contribution in [1.82, 2.24) is 0 Å². The summed E-state index contributed by atoms with van der Waals surface area (Å²) in [5.41, 5.74) is -5.82. The van der Waals surface area contributed by atoms with Crippen LogP contribution < -0.4 is 4.74 Å². The summed E-state index contributed by atoms with van der Waals surface area (Å²) in [6.07, 6.45) is -3.25. The summed E-state index contributed by atoms with van der Waals surface area (Å²) in [7, 11) is -5.29. The number of benzene rings is 1. The number of fused-ring (bicyclic) bond motifs is 1. The number of hydrogen-bond donors (Lipinski definition) is 1. The van der Waals surface area contributed by atoms with Crippen LogP contribution in [0.1, 0.15) is 18.9 Å². The van der Waals surface area contributed by atoms with Gasteiger partial charge in [-0.1, -0.05) is 0 Å². The second-order valence-corrected chi connectivity index (χ2v) is 8.62. The number of halogens is 5. The van der Waals surface area contributed by atoms with Gasteiger partial charge in [0.05, 0.1) is 22.5 Å². The summed E-state index contributed by atoms with van der Waals surface area (Å²) >= 11 is 0. The van der Waals surface area contributed by atoms with Crippen molar-refractivity contribution in [2.45, 2.75) is 35.9 Å². The molecule has 0 bridgehead atoms. The first kappa shape index (κ1) is 20.3. The fourth-order valence-corrected chi connectivity index (χ4v) is 5.39. The Bertz CT molecular complexity index is 1050. The first-order valence-electron chi connectivity index (χ1n) is 7.80. The molecular formula is C17H12F5NO4S. The largest absolute Gasteiger partial charge is 0.457 e. The number of ether oxygens (including phenoxy) is 1. The first-order valence-corrected chi connectivity index (χ1v) is 9.34. The normalized spacial score (nSPS) is 28.0. The van der Waals surface area contributed by atoms with Gasteiger partial charge in [-0.2, -0.15) is 14.0 Å². The Kier molecular flexibility index (Phi) is 4.55. The Hall–Kier alpha value is -2.45. The van der Waals surface area contributed by atoms with Gasteiger partial charge in [-0.15, -0.1) is 0 Å². The van der Waals surface area contributed by atoms with Crippen LogP contribution in [0.5, 0.6) is 5.75 Å². The van der Waals surface area contributed by atoms with Crippen LogP contribution >= 0.6 is 0 Å². The zero-order valence-electron chi connectivity index (χ0n) is 14.1. The maximum absolute atomic E-state index is 14.3. The Morgan fingerprint density at radius 1 is 1.32 bits per heavy atom. The molecule has 0 saturated carbocycles. The maximum atomic E-state index is 14.3. The summed E-state index contributed by atoms with van der Waals surface area (Å²) in [5.74, 6) is -1.97. The summed E-state index contributed by atoms with van der Waals surface area (Å²) in [5, 5.41) is 12.3. The molecule has 1 aromatic carbocycles. The third-order valence-electron chi connectivity index (χ3n) is 4.66. The highest BCUT2D eigenvalue weighted by molar-refractivity contribution is 7.93. The van der Waals surface area contributed by atoms with E-state index in [0.717, 1.165) is 24.3 Å². The molecule has 2 atom stereocenters. The SMILES string of the molecule is CC1(O)C2=C(C(F)F)C(Oc3cc(F)cc(C#N)c3)=CCC2S(=O)(=O)C1(F)F. The highest BCUT2D eigenvalue weighted by Crippen LogP contribution is 2.55. The van der Waals surface area contributed by atoms with Crippen LogP contribution in [0.2, 0.25) is 0 Å². The van der Waals surface area contributed by atoms with Crippen molar-refractivity contribution in [3.05, 3.63) is 52.6 Å². The molecule has 5 nitrogen and oxygen atoms in total. The summed E-state index contributed by atoms with van der Waals surface area (Å²) in [4.78, 5) is 0. The Labute approximate surface area is 156 Å². The monoisotopic (exact) mass is 421 g/mol. The number of hydrogen-bond acceptors (Lipinski definition) is 5. The van der Waals surface area contributed by atoms with E-state index in [1.807, 2.05) is 0 Å². The Morgan fingerprint density at radius 3 is 2.54 bits per heavy atom. The molecule has 0 aromatic heterocycles. The number of alkyl halides is 4. The second kappa shape index (κ2) is 6.28. The van der Waals surface area contributed by atoms with Gasteiger partial charge in [0.2, 0.25) is 9.84 Å². The fraction of sp³-hybridized carbons (Fsp3) is 0.353. The third-order valence-corrected chi connectivity index (χ3v) is 6.95. The van der Waals surface area contributed by atoms with Crippen LogP contribution in [0.15, 0.2) is 41.2 Å². The zero-order valence-corrected chi connectivity index (χ0v) is 14.9. The van der Waals surface area contributed by atoms with Gasteiger partial charge < -0.3 is 9.84 Å². The zero-order chi connectivity index (χ0) is 21.1. The Morgan fingerprint density at radius 2 is 1.96 bits per heavy atom. The topological polar surface area (TPSA) is 87.4 Å². The van der Waals surface area contributed by atoms with Crippen molar-refractivity contribution in [3.8, 4) is 11.8 Å². The van der Waals surface area contributed by atoms with Crippen molar-refractivity contribution < 1.29 is 40.2 Å². The molecule has 150 valence electrons. The van der Waals surface area contributed by atoms with E-state index in [1.165, 1.54) is 0 Å². The van der Waals surface area contributed by atoms with Crippen LogP contribution in [0.3, 0.4) is 0 Å². The number of sulfone groups is 1. The lowest BCUT2D eigenvalue weighted by Crippen LogP contribution is -2.45. The molecule has 1 aromatic rings. The van der Waals surface area contributed by atoms with Crippen molar-refractivity contribution >= 4 is 9.84 Å². The molecule has 28 heavy (non-hydrogen) atoms. The predicted octanol–water partition coefficient (Wildman–Crippen LogP) is 3.07. The van der Waals surface area contributed by atoms with Crippen LogP contribution in [-0.4, -0.2) is 36.1 Å². The minimum absolute atomic E-state index is 0.183. The second-order valence-electron chi connectivity index (χ2n) is 6.44. The van der Waals surface area contributed by atoms with E-state index in [2.05, 4.69) is 0 Å². The third kappa shape index (κ3) is 2.70. The number of nitriles is 1. The van der Waals surface area contributed by atoms with Crippen LogP contribution in [0.25, 0.3) is 0 Å². The minimum atomic E-state index is -5.29. The lowest BCUT2D eigenvalue weighted by molar-refractivity contribution is -0.0833. The van der Waals surface area contributed by atoms with Crippen LogP contribution in [0.4, 0.5) is 22.0 Å². The number of allylic oxidation sites excluding steroid dienone is 2. The van der Waals surface area contributed by atoms with Gasteiger partial charge >= 0.3 is 5.25 Å². The van der Waals surface area contributed by atoms with Crippen molar-refractivity contribution in [2.24, 2.45) is 0 Å². The van der Waals surface area contributed by atoms with Gasteiger partial charge in [0.25, 0.3) is 6.43 Å². The molecule has 1 aliphatic carbocycles. The van der Waals surface area contributed by atoms with Crippen LogP contribution in [0, 0.1) is 17.1 Å². The van der Waals surface area contributed by atoms with Gasteiger partial charge in [-0.25, -0.2) is 21.6 Å². The predicted molar refractivity (Wildman–Crippen MR) is 85.8 cm³/mol. The van der Waals surface area contributed by atoms with E-state index in [0.29, 0.717) is 6.92 Å². The number of aliphatic hydroxyl groups is 1. The smallest absolute Gasteiger partial charge is 0.377 e. The first-order chi connectivity index (χ1) is 12.8. The molecule has 0 radical (unpaired) electrons. The summed E-state index contributed by atoms with van der Waals surface area (Å²) in [6, 6.07) is 4.30. The molecule has 1 aliphatic heterocycles. The van der Waals surface area contributed by atoms with Gasteiger partial charge in [0.1, 0.15) is 17.3 Å². The van der Waals surface area contributed by atoms with E-state index in [-0.39, 0.29) is 11.3 Å². The quantitative estimate of drug-likeness (QED) is 0.758. The molecule has 2 aliphatic rings. The minimum Gasteiger partial charge on any atom is -0.457 e. The average molecular weight is 421 g/mol. The molecule has 0 amide bonds. The highest BCUT2D eigenvalue weighted by atomic mass is 32.2. The number of rotatable bonds is 3. The molecule has 0 spiro atoms. The molecule has 2 unspecified atom stereocenters. The van der Waals surface area contributed by atoms with Gasteiger partial charge in [0, 0.05) is 6.07 Å². The highest BCUT2D eigenvalue weighted by Gasteiger charge is 2.73. The lowest BCUT2D eigenvalue weighted by atomic mass is 9.84. The molecule has 3 rings (SSSR count). The van der Waals surface area contributed by atoms with Gasteiger partial charge in [0.15, 0.2) is 5.60 Å². The van der Waals surface area contributed by atoms with E-state index < -0.39 is 61.5 Å². The van der Waals surface area contributed by atoms with Crippen LogP contribution in [-0.2, 0) is 9.84 Å². The van der Waals surface area contributed by atoms with Crippen molar-refractivity contribution in [3.63, 3.8) is 0 Å². The van der Waals surface area contributed by atoms with Gasteiger partial charge in [-0.3, -0.25) is 0 Å². The molecule has 1 fully saturated rings. The van der Waals surface area contributed by atoms with Crippen molar-refractivity contribution in [1.29, 1.82) is 5.26 Å². The molecule has 1 N–H and O–H groups in total. The summed E-state index contributed by atoms with van der Waals surface area (Å²) < 4.78 is 98.9. The molecule has 11 heteroatoms. The maximum Gasteiger partial charge on any atom is 0.377 e. The van der Waals surface area contributed by atoms with E-state index in [4.69, 9.17) is 10.00 Å². The average Bonchev–Trinajstić information content (AvgIpc) is 2.69. The van der Waals surface area contributed by atoms with E-state index in [9.17, 15) is 35.5 Å². The van der Waals surface area contributed by atoms with E-state index >= 15 is 0 Å². The standard InChI is InChI=1S/C17H12F5NO4S/c1-16(24)14-12(28(25,26)17(16,21)22)3-2-11(13(14)15(19)20)27-10-5-8(7-23)4-9(18)6-10/h2,4-6,12,15,24H,3H2,1H3. The fourth-order valence-electron chi connectivity index (χ4n) is 3.35. The van der Waals surface area contributed by atoms with Crippen molar-refractivity contribution in [2.75, 3.05) is 0 Å². The number of nitrogens with zero attached hydrogens (tertiary/aromatic N) is 1. The molecule has 1 saturated heterocycles. The lowest BCUT2D eigenvalue weighted by Gasteiger charge is -2.29. The molecule has 1 heterocycles.